The Morgan fingerprint density at radius 2 is 1.70 bits per heavy atom. The number of methoxy groups -OCH3 is 1. The Morgan fingerprint density at radius 3 is 2.25 bits per heavy atom. The fourth-order valence-corrected chi connectivity index (χ4v) is 1.69. The third-order valence-corrected chi connectivity index (χ3v) is 2.66. The molecule has 0 aromatic heterocycles. The van der Waals surface area contributed by atoms with E-state index in [2.05, 4.69) is 0 Å². The van der Waals surface area contributed by atoms with Gasteiger partial charge < -0.3 is 9.47 Å². The van der Waals surface area contributed by atoms with Gasteiger partial charge in [-0.3, -0.25) is 0 Å². The molecule has 0 aliphatic rings. The van der Waals surface area contributed by atoms with Crippen LogP contribution in [0.1, 0.15) is 11.1 Å². The van der Waals surface area contributed by atoms with E-state index in [1.54, 1.807) is 24.3 Å². The summed E-state index contributed by atoms with van der Waals surface area (Å²) in [6, 6.07) is 8.48. The third-order valence-electron chi connectivity index (χ3n) is 2.66. The first-order chi connectivity index (χ1) is 9.55. The molecule has 0 unspecified atom stereocenters. The highest BCUT2D eigenvalue weighted by Gasteiger charge is 2.15. The number of aryl methyl sites for hydroxylation is 1. The van der Waals surface area contributed by atoms with Crippen molar-refractivity contribution >= 4 is 0 Å². The fourth-order valence-electron chi connectivity index (χ4n) is 1.69. The number of nitriles is 1. The predicted molar refractivity (Wildman–Crippen MR) is 68.9 cm³/mol. The largest absolute Gasteiger partial charge is 0.493 e. The fraction of sp³-hybridized carbons (Fsp3) is 0.133. The van der Waals surface area contributed by atoms with Crippen molar-refractivity contribution in [3.8, 4) is 23.3 Å². The Balaban J connectivity index is 2.43. The molecule has 0 N–H and O–H groups in total. The highest BCUT2D eigenvalue weighted by molar-refractivity contribution is 5.46. The summed E-state index contributed by atoms with van der Waals surface area (Å²) in [6.45, 7) is 1.86. The standard InChI is InChI=1S/C15H11F2NO2/c1-9-3-4-13(14(5-9)19-2)20-15-11(16)6-10(8-18)7-12(15)17/h3-7H,1-2H3. The lowest BCUT2D eigenvalue weighted by Gasteiger charge is -2.12. The van der Waals surface area contributed by atoms with Crippen molar-refractivity contribution in [2.24, 2.45) is 0 Å². The van der Waals surface area contributed by atoms with Crippen LogP contribution >= 0.6 is 0 Å². The van der Waals surface area contributed by atoms with Crippen LogP contribution in [0.15, 0.2) is 30.3 Å². The van der Waals surface area contributed by atoms with Crippen molar-refractivity contribution in [2.45, 2.75) is 6.92 Å². The molecule has 0 saturated carbocycles. The van der Waals surface area contributed by atoms with Crippen LogP contribution in [0.4, 0.5) is 8.78 Å². The SMILES string of the molecule is COc1cc(C)ccc1Oc1c(F)cc(C#N)cc1F. The Hall–Kier alpha value is -2.61. The van der Waals surface area contributed by atoms with Crippen molar-refractivity contribution < 1.29 is 18.3 Å². The predicted octanol–water partition coefficient (Wildman–Crippen LogP) is 3.95. The maximum absolute atomic E-state index is 13.7. The van der Waals surface area contributed by atoms with Crippen LogP contribution in [0.25, 0.3) is 0 Å². The smallest absolute Gasteiger partial charge is 0.198 e. The Bertz CT molecular complexity index is 670. The topological polar surface area (TPSA) is 42.2 Å². The quantitative estimate of drug-likeness (QED) is 0.851. The monoisotopic (exact) mass is 275 g/mol. The summed E-state index contributed by atoms with van der Waals surface area (Å²) in [7, 11) is 1.44. The Morgan fingerprint density at radius 1 is 1.05 bits per heavy atom. The molecule has 0 heterocycles. The summed E-state index contributed by atoms with van der Waals surface area (Å²) in [6.07, 6.45) is 0. The molecule has 3 nitrogen and oxygen atoms in total. The maximum atomic E-state index is 13.7. The zero-order valence-corrected chi connectivity index (χ0v) is 10.9. The molecule has 102 valence electrons. The number of nitrogens with zero attached hydrogens (tertiary/aromatic N) is 1. The molecule has 0 spiro atoms. The van der Waals surface area contributed by atoms with E-state index in [-0.39, 0.29) is 11.3 Å². The van der Waals surface area contributed by atoms with Crippen LogP contribution in [0.5, 0.6) is 17.2 Å². The summed E-state index contributed by atoms with van der Waals surface area (Å²) < 4.78 is 37.8. The number of hydrogen-bond acceptors (Lipinski definition) is 3. The summed E-state index contributed by atoms with van der Waals surface area (Å²) in [5.41, 5.74) is 0.818. The maximum Gasteiger partial charge on any atom is 0.198 e. The molecule has 0 aliphatic heterocycles. The number of halogens is 2. The zero-order chi connectivity index (χ0) is 14.7. The minimum atomic E-state index is -0.941. The number of hydrogen-bond donors (Lipinski definition) is 0. The van der Waals surface area contributed by atoms with Crippen molar-refractivity contribution in [2.75, 3.05) is 7.11 Å². The molecular formula is C15H11F2NO2. The van der Waals surface area contributed by atoms with Gasteiger partial charge in [-0.05, 0) is 36.8 Å². The first-order valence-corrected chi connectivity index (χ1v) is 5.76. The van der Waals surface area contributed by atoms with Crippen LogP contribution in [0, 0.1) is 29.9 Å². The molecule has 0 saturated heterocycles. The number of rotatable bonds is 3. The van der Waals surface area contributed by atoms with E-state index in [9.17, 15) is 8.78 Å². The van der Waals surface area contributed by atoms with Crippen LogP contribution < -0.4 is 9.47 Å². The van der Waals surface area contributed by atoms with Gasteiger partial charge in [0.1, 0.15) is 0 Å². The minimum Gasteiger partial charge on any atom is -0.493 e. The van der Waals surface area contributed by atoms with Crippen molar-refractivity contribution in [1.82, 2.24) is 0 Å². The summed E-state index contributed by atoms with van der Waals surface area (Å²) in [5.74, 6) is -1.88. The highest BCUT2D eigenvalue weighted by atomic mass is 19.1. The second-order valence-electron chi connectivity index (χ2n) is 4.14. The molecule has 0 fully saturated rings. The molecular weight excluding hydrogens is 264 g/mol. The van der Waals surface area contributed by atoms with E-state index in [1.807, 2.05) is 6.92 Å². The normalized spacial score (nSPS) is 9.95. The molecule has 2 aromatic rings. The van der Waals surface area contributed by atoms with Gasteiger partial charge >= 0.3 is 0 Å². The average Bonchev–Trinajstić information content (AvgIpc) is 2.43. The van der Waals surface area contributed by atoms with Gasteiger partial charge in [-0.2, -0.15) is 5.26 Å². The molecule has 0 bridgehead atoms. The van der Waals surface area contributed by atoms with E-state index in [0.29, 0.717) is 5.75 Å². The first kappa shape index (κ1) is 13.8. The van der Waals surface area contributed by atoms with Crippen LogP contribution in [-0.2, 0) is 0 Å². The molecule has 0 radical (unpaired) electrons. The summed E-state index contributed by atoms with van der Waals surface area (Å²) in [4.78, 5) is 0. The van der Waals surface area contributed by atoms with E-state index in [0.717, 1.165) is 17.7 Å². The molecule has 2 aromatic carbocycles. The number of benzene rings is 2. The lowest BCUT2D eigenvalue weighted by Crippen LogP contribution is -1.96. The summed E-state index contributed by atoms with van der Waals surface area (Å²) >= 11 is 0. The van der Waals surface area contributed by atoms with Gasteiger partial charge in [-0.15, -0.1) is 0 Å². The van der Waals surface area contributed by atoms with Gasteiger partial charge in [0.2, 0.25) is 0 Å². The average molecular weight is 275 g/mol. The molecule has 0 amide bonds. The lowest BCUT2D eigenvalue weighted by atomic mass is 10.2. The van der Waals surface area contributed by atoms with Crippen LogP contribution in [0.3, 0.4) is 0 Å². The van der Waals surface area contributed by atoms with Gasteiger partial charge in [0.15, 0.2) is 28.9 Å². The van der Waals surface area contributed by atoms with Crippen molar-refractivity contribution in [3.05, 3.63) is 53.1 Å². The highest BCUT2D eigenvalue weighted by Crippen LogP contribution is 2.35. The molecule has 2 rings (SSSR count). The Kier molecular flexibility index (Phi) is 3.85. The van der Waals surface area contributed by atoms with Crippen molar-refractivity contribution in [1.29, 1.82) is 5.26 Å². The van der Waals surface area contributed by atoms with E-state index in [4.69, 9.17) is 14.7 Å². The van der Waals surface area contributed by atoms with Gasteiger partial charge in [-0.25, -0.2) is 8.78 Å². The lowest BCUT2D eigenvalue weighted by molar-refractivity contribution is 0.359. The van der Waals surface area contributed by atoms with Crippen LogP contribution in [0.2, 0.25) is 0 Å². The minimum absolute atomic E-state index is 0.108. The first-order valence-electron chi connectivity index (χ1n) is 5.76. The second-order valence-corrected chi connectivity index (χ2v) is 4.14. The van der Waals surface area contributed by atoms with E-state index < -0.39 is 17.4 Å². The van der Waals surface area contributed by atoms with E-state index >= 15 is 0 Å². The van der Waals surface area contributed by atoms with E-state index in [1.165, 1.54) is 7.11 Å². The van der Waals surface area contributed by atoms with Gasteiger partial charge in [-0.1, -0.05) is 6.07 Å². The van der Waals surface area contributed by atoms with Gasteiger partial charge in [0.25, 0.3) is 0 Å². The Labute approximate surface area is 115 Å². The van der Waals surface area contributed by atoms with Crippen LogP contribution in [-0.4, -0.2) is 7.11 Å². The van der Waals surface area contributed by atoms with Gasteiger partial charge in [0.05, 0.1) is 18.7 Å². The molecule has 5 heteroatoms. The molecule has 20 heavy (non-hydrogen) atoms. The third kappa shape index (κ3) is 2.69. The molecule has 0 aliphatic carbocycles. The van der Waals surface area contributed by atoms with Crippen molar-refractivity contribution in [3.63, 3.8) is 0 Å². The second kappa shape index (κ2) is 5.57. The van der Waals surface area contributed by atoms with Gasteiger partial charge in [0, 0.05) is 0 Å². The molecule has 0 atom stereocenters. The number of ether oxygens (including phenoxy) is 2. The summed E-state index contributed by atoms with van der Waals surface area (Å²) in [5, 5.41) is 8.64. The zero-order valence-electron chi connectivity index (χ0n) is 10.9.